The molecule has 0 fully saturated rings. The van der Waals surface area contributed by atoms with Gasteiger partial charge in [-0.3, -0.25) is 4.84 Å². The molecule has 0 spiro atoms. The molecule has 0 amide bonds. The van der Waals surface area contributed by atoms with Crippen LogP contribution in [0.3, 0.4) is 0 Å². The average molecular weight is 247 g/mol. The molecular weight excluding hydrogens is 231 g/mol. The lowest BCUT2D eigenvalue weighted by Crippen LogP contribution is -2.26. The van der Waals surface area contributed by atoms with E-state index in [-0.39, 0.29) is 6.04 Å². The van der Waals surface area contributed by atoms with Gasteiger partial charge in [-0.05, 0) is 37.5 Å². The number of benzene rings is 1. The molecule has 0 heterocycles. The molecule has 0 aliphatic rings. The fourth-order valence-corrected chi connectivity index (χ4v) is 1.35. The molecule has 96 valence electrons. The zero-order chi connectivity index (χ0) is 13.1. The minimum Gasteiger partial charge on any atom is -0.292 e. The Morgan fingerprint density at radius 1 is 1.24 bits per heavy atom. The van der Waals surface area contributed by atoms with Crippen molar-refractivity contribution in [3.8, 4) is 0 Å². The van der Waals surface area contributed by atoms with Crippen LogP contribution in [-0.4, -0.2) is 12.8 Å². The summed E-state index contributed by atoms with van der Waals surface area (Å²) in [6, 6.07) is 5.46. The van der Waals surface area contributed by atoms with Crippen molar-refractivity contribution < 1.29 is 18.0 Å². The van der Waals surface area contributed by atoms with Crippen LogP contribution < -0.4 is 5.48 Å². The second-order valence-electron chi connectivity index (χ2n) is 4.09. The van der Waals surface area contributed by atoms with E-state index in [1.165, 1.54) is 0 Å². The SMILES string of the molecule is Cc1ccc(C(C)NOCC(F)(F)F)cc1C. The molecule has 0 saturated carbocycles. The molecule has 17 heavy (non-hydrogen) atoms. The number of hydrogen-bond acceptors (Lipinski definition) is 2. The molecule has 5 heteroatoms. The van der Waals surface area contributed by atoms with Crippen molar-refractivity contribution in [1.82, 2.24) is 5.48 Å². The fourth-order valence-electron chi connectivity index (χ4n) is 1.35. The molecule has 1 atom stereocenters. The van der Waals surface area contributed by atoms with E-state index < -0.39 is 12.8 Å². The van der Waals surface area contributed by atoms with Crippen molar-refractivity contribution in [1.29, 1.82) is 0 Å². The second-order valence-corrected chi connectivity index (χ2v) is 4.09. The summed E-state index contributed by atoms with van der Waals surface area (Å²) in [5, 5.41) is 0. The minimum absolute atomic E-state index is 0.281. The van der Waals surface area contributed by atoms with Crippen LogP contribution in [-0.2, 0) is 4.84 Å². The molecule has 1 aromatic carbocycles. The third kappa shape index (κ3) is 4.75. The normalized spacial score (nSPS) is 13.8. The van der Waals surface area contributed by atoms with Crippen LogP contribution in [0.2, 0.25) is 0 Å². The van der Waals surface area contributed by atoms with Gasteiger partial charge in [0, 0.05) is 0 Å². The molecule has 1 rings (SSSR count). The van der Waals surface area contributed by atoms with Gasteiger partial charge in [0.1, 0.15) is 0 Å². The van der Waals surface area contributed by atoms with Crippen molar-refractivity contribution in [3.63, 3.8) is 0 Å². The van der Waals surface area contributed by atoms with Gasteiger partial charge in [-0.2, -0.15) is 18.7 Å². The number of hydrogen-bond donors (Lipinski definition) is 1. The molecule has 0 radical (unpaired) electrons. The Morgan fingerprint density at radius 2 is 1.88 bits per heavy atom. The summed E-state index contributed by atoms with van der Waals surface area (Å²) in [6.45, 7) is 4.40. The van der Waals surface area contributed by atoms with Gasteiger partial charge in [0.05, 0.1) is 6.04 Å². The Kier molecular flexibility index (Phi) is 4.54. The first kappa shape index (κ1) is 14.0. The maximum atomic E-state index is 11.9. The summed E-state index contributed by atoms with van der Waals surface area (Å²) >= 11 is 0. The van der Waals surface area contributed by atoms with Crippen molar-refractivity contribution in [2.24, 2.45) is 0 Å². The Balaban J connectivity index is 2.52. The summed E-state index contributed by atoms with van der Waals surface area (Å²) < 4.78 is 35.6. The molecule has 0 saturated heterocycles. The van der Waals surface area contributed by atoms with Gasteiger partial charge in [0.2, 0.25) is 0 Å². The number of rotatable bonds is 4. The van der Waals surface area contributed by atoms with Gasteiger partial charge < -0.3 is 0 Å². The zero-order valence-corrected chi connectivity index (χ0v) is 10.1. The molecule has 1 aromatic rings. The maximum Gasteiger partial charge on any atom is 0.413 e. The highest BCUT2D eigenvalue weighted by molar-refractivity contribution is 5.31. The molecular formula is C12H16F3NO. The predicted molar refractivity (Wildman–Crippen MR) is 59.5 cm³/mol. The van der Waals surface area contributed by atoms with Crippen LogP contribution in [0.25, 0.3) is 0 Å². The van der Waals surface area contributed by atoms with E-state index >= 15 is 0 Å². The number of nitrogens with one attached hydrogen (secondary N) is 1. The van der Waals surface area contributed by atoms with E-state index in [0.717, 1.165) is 16.7 Å². The quantitative estimate of drug-likeness (QED) is 0.823. The maximum absolute atomic E-state index is 11.9. The molecule has 1 unspecified atom stereocenters. The summed E-state index contributed by atoms with van der Waals surface area (Å²) in [4.78, 5) is 4.41. The lowest BCUT2D eigenvalue weighted by Gasteiger charge is -2.16. The van der Waals surface area contributed by atoms with Crippen LogP contribution in [0.1, 0.15) is 29.7 Å². The van der Waals surface area contributed by atoms with Crippen LogP contribution in [0.4, 0.5) is 13.2 Å². The van der Waals surface area contributed by atoms with Crippen LogP contribution in [0.15, 0.2) is 18.2 Å². The summed E-state index contributed by atoms with van der Waals surface area (Å²) in [6.07, 6.45) is -4.31. The molecule has 1 N–H and O–H groups in total. The van der Waals surface area contributed by atoms with E-state index in [2.05, 4.69) is 10.3 Å². The van der Waals surface area contributed by atoms with E-state index in [1.54, 1.807) is 6.92 Å². The molecule has 0 bridgehead atoms. The van der Waals surface area contributed by atoms with Gasteiger partial charge in [0.25, 0.3) is 0 Å². The predicted octanol–water partition coefficient (Wildman–Crippen LogP) is 3.45. The summed E-state index contributed by atoms with van der Waals surface area (Å²) in [5.74, 6) is 0. The molecule has 0 aliphatic carbocycles. The van der Waals surface area contributed by atoms with Crippen molar-refractivity contribution >= 4 is 0 Å². The summed E-state index contributed by atoms with van der Waals surface area (Å²) in [5.41, 5.74) is 5.53. The van der Waals surface area contributed by atoms with Crippen LogP contribution in [0, 0.1) is 13.8 Å². The third-order valence-electron chi connectivity index (χ3n) is 2.53. The van der Waals surface area contributed by atoms with Gasteiger partial charge in [0.15, 0.2) is 6.61 Å². The third-order valence-corrected chi connectivity index (χ3v) is 2.53. The highest BCUT2D eigenvalue weighted by Gasteiger charge is 2.28. The monoisotopic (exact) mass is 247 g/mol. The Labute approximate surface area is 98.7 Å². The summed E-state index contributed by atoms with van der Waals surface area (Å²) in [7, 11) is 0. The van der Waals surface area contributed by atoms with Gasteiger partial charge >= 0.3 is 6.18 Å². The standard InChI is InChI=1S/C12H16F3NO/c1-8-4-5-11(6-9(8)2)10(3)16-17-7-12(13,14)15/h4-6,10,16H,7H2,1-3H3. The number of hydroxylamine groups is 1. The van der Waals surface area contributed by atoms with Crippen molar-refractivity contribution in [3.05, 3.63) is 34.9 Å². The van der Waals surface area contributed by atoms with Crippen LogP contribution in [0.5, 0.6) is 0 Å². The minimum atomic E-state index is -4.31. The Morgan fingerprint density at radius 3 is 2.41 bits per heavy atom. The fraction of sp³-hybridized carbons (Fsp3) is 0.500. The number of alkyl halides is 3. The largest absolute Gasteiger partial charge is 0.413 e. The van der Waals surface area contributed by atoms with E-state index in [4.69, 9.17) is 0 Å². The average Bonchev–Trinajstić information content (AvgIpc) is 2.20. The van der Waals surface area contributed by atoms with Crippen LogP contribution >= 0.6 is 0 Å². The van der Waals surface area contributed by atoms with E-state index in [0.29, 0.717) is 0 Å². The first-order valence-electron chi connectivity index (χ1n) is 5.31. The molecule has 2 nitrogen and oxygen atoms in total. The topological polar surface area (TPSA) is 21.3 Å². The smallest absolute Gasteiger partial charge is 0.292 e. The lowest BCUT2D eigenvalue weighted by atomic mass is 10.0. The highest BCUT2D eigenvalue weighted by Crippen LogP contribution is 2.18. The van der Waals surface area contributed by atoms with E-state index in [1.807, 2.05) is 32.0 Å². The van der Waals surface area contributed by atoms with Gasteiger partial charge in [-0.1, -0.05) is 18.2 Å². The highest BCUT2D eigenvalue weighted by atomic mass is 19.4. The Hall–Kier alpha value is -1.07. The first-order chi connectivity index (χ1) is 7.79. The lowest BCUT2D eigenvalue weighted by molar-refractivity contribution is -0.192. The molecule has 0 aliphatic heterocycles. The van der Waals surface area contributed by atoms with Crippen molar-refractivity contribution in [2.75, 3.05) is 6.61 Å². The van der Waals surface area contributed by atoms with Gasteiger partial charge in [-0.15, -0.1) is 0 Å². The second kappa shape index (κ2) is 5.51. The van der Waals surface area contributed by atoms with Crippen molar-refractivity contribution in [2.45, 2.75) is 33.0 Å². The zero-order valence-electron chi connectivity index (χ0n) is 10.1. The number of aryl methyl sites for hydroxylation is 2. The van der Waals surface area contributed by atoms with Gasteiger partial charge in [-0.25, -0.2) is 0 Å². The molecule has 0 aromatic heterocycles. The Bertz CT molecular complexity index is 377. The van der Waals surface area contributed by atoms with E-state index in [9.17, 15) is 13.2 Å². The number of halogens is 3. The first-order valence-corrected chi connectivity index (χ1v) is 5.31.